The van der Waals surface area contributed by atoms with Gasteiger partial charge in [0.15, 0.2) is 6.61 Å². The van der Waals surface area contributed by atoms with Gasteiger partial charge in [-0.2, -0.15) is 13.2 Å². The average Bonchev–Trinajstić information content (AvgIpc) is 2.60. The molecule has 0 aliphatic carbocycles. The van der Waals surface area contributed by atoms with Crippen LogP contribution in [-0.2, 0) is 4.79 Å². The molecule has 0 spiro atoms. The number of amides is 2. The number of carbonyl (C=O) groups is 2. The monoisotopic (exact) mass is 400 g/mol. The Balaban J connectivity index is 2.00. The molecule has 2 N–H and O–H groups in total. The van der Waals surface area contributed by atoms with Crippen LogP contribution in [0.1, 0.15) is 15.9 Å². The van der Waals surface area contributed by atoms with Gasteiger partial charge >= 0.3 is 6.18 Å². The van der Waals surface area contributed by atoms with Gasteiger partial charge in [-0.15, -0.1) is 0 Å². The molecule has 2 aromatic rings. The maximum Gasteiger partial charge on any atom is 0.405 e. The van der Waals surface area contributed by atoms with Crippen molar-refractivity contribution in [3.63, 3.8) is 0 Å². The van der Waals surface area contributed by atoms with Crippen LogP contribution in [0.15, 0.2) is 42.5 Å². The highest BCUT2D eigenvalue weighted by Crippen LogP contribution is 2.23. The van der Waals surface area contributed by atoms with Gasteiger partial charge in [0.05, 0.1) is 5.02 Å². The number of nitrogens with one attached hydrogen (secondary N) is 2. The number of anilines is 1. The highest BCUT2D eigenvalue weighted by molar-refractivity contribution is 6.32. The van der Waals surface area contributed by atoms with Gasteiger partial charge in [0.2, 0.25) is 0 Å². The highest BCUT2D eigenvalue weighted by Gasteiger charge is 2.28. The summed E-state index contributed by atoms with van der Waals surface area (Å²) in [5.41, 5.74) is 0.919. The summed E-state index contributed by atoms with van der Waals surface area (Å²) in [6.07, 6.45) is -4.51. The van der Waals surface area contributed by atoms with E-state index in [0.717, 1.165) is 0 Å². The van der Waals surface area contributed by atoms with E-state index in [1.165, 1.54) is 18.2 Å². The van der Waals surface area contributed by atoms with E-state index in [1.54, 1.807) is 36.5 Å². The van der Waals surface area contributed by atoms with E-state index in [-0.39, 0.29) is 12.2 Å². The lowest BCUT2D eigenvalue weighted by molar-refractivity contribution is -0.123. The summed E-state index contributed by atoms with van der Waals surface area (Å²) in [4.78, 5) is 23.9. The first kappa shape index (κ1) is 20.6. The van der Waals surface area contributed by atoms with E-state index in [2.05, 4.69) is 5.32 Å². The molecule has 0 heterocycles. The quantitative estimate of drug-likeness (QED) is 0.771. The van der Waals surface area contributed by atoms with Crippen molar-refractivity contribution >= 4 is 29.1 Å². The van der Waals surface area contributed by atoms with E-state index < -0.39 is 24.5 Å². The van der Waals surface area contributed by atoms with E-state index in [4.69, 9.17) is 16.3 Å². The zero-order chi connectivity index (χ0) is 20.0. The summed E-state index contributed by atoms with van der Waals surface area (Å²) >= 11 is 5.93. The predicted octanol–water partition coefficient (Wildman–Crippen LogP) is 3.96. The minimum atomic E-state index is -4.51. The zero-order valence-electron chi connectivity index (χ0n) is 14.2. The third-order valence-electron chi connectivity index (χ3n) is 3.42. The van der Waals surface area contributed by atoms with Crippen LogP contribution in [0, 0.1) is 6.92 Å². The van der Waals surface area contributed by atoms with Crippen molar-refractivity contribution in [2.45, 2.75) is 13.1 Å². The maximum absolute atomic E-state index is 12.2. The van der Waals surface area contributed by atoms with Crippen molar-refractivity contribution in [3.8, 4) is 5.75 Å². The zero-order valence-corrected chi connectivity index (χ0v) is 14.9. The highest BCUT2D eigenvalue weighted by atomic mass is 35.5. The van der Waals surface area contributed by atoms with E-state index >= 15 is 0 Å². The van der Waals surface area contributed by atoms with Crippen LogP contribution in [0.2, 0.25) is 5.02 Å². The Labute approximate surface area is 158 Å². The van der Waals surface area contributed by atoms with E-state index in [9.17, 15) is 22.8 Å². The molecular weight excluding hydrogens is 385 g/mol. The van der Waals surface area contributed by atoms with Gasteiger partial charge in [-0.3, -0.25) is 9.59 Å². The van der Waals surface area contributed by atoms with Crippen LogP contribution in [0.3, 0.4) is 0 Å². The summed E-state index contributed by atoms with van der Waals surface area (Å²) in [5.74, 6) is -1.06. The number of alkyl halides is 3. The molecule has 144 valence electrons. The number of halogens is 4. The second-order valence-corrected chi connectivity index (χ2v) is 6.00. The van der Waals surface area contributed by atoms with Gasteiger partial charge in [0.25, 0.3) is 11.8 Å². The van der Waals surface area contributed by atoms with Gasteiger partial charge in [0.1, 0.15) is 12.3 Å². The third-order valence-corrected chi connectivity index (χ3v) is 3.73. The summed E-state index contributed by atoms with van der Waals surface area (Å²) < 4.78 is 41.9. The molecule has 27 heavy (non-hydrogen) atoms. The van der Waals surface area contributed by atoms with Gasteiger partial charge in [-0.1, -0.05) is 29.8 Å². The molecule has 2 aromatic carbocycles. The Hall–Kier alpha value is -2.74. The molecular formula is C18H16ClF3N2O3. The summed E-state index contributed by atoms with van der Waals surface area (Å²) in [5, 5.41) is 4.69. The molecule has 0 saturated carbocycles. The number of hydrogen-bond donors (Lipinski definition) is 2. The topological polar surface area (TPSA) is 67.4 Å². The Morgan fingerprint density at radius 1 is 1.15 bits per heavy atom. The molecule has 2 amide bonds. The van der Waals surface area contributed by atoms with Crippen LogP contribution in [-0.4, -0.2) is 31.1 Å². The Bertz CT molecular complexity index is 841. The molecule has 9 heteroatoms. The number of para-hydroxylation sites is 1. The van der Waals surface area contributed by atoms with Crippen molar-refractivity contribution in [2.75, 3.05) is 18.5 Å². The first-order valence-electron chi connectivity index (χ1n) is 7.78. The summed E-state index contributed by atoms with van der Waals surface area (Å²) in [7, 11) is 0. The van der Waals surface area contributed by atoms with E-state index in [1.807, 2.05) is 0 Å². The van der Waals surface area contributed by atoms with Crippen LogP contribution < -0.4 is 15.4 Å². The van der Waals surface area contributed by atoms with Crippen molar-refractivity contribution in [2.24, 2.45) is 0 Å². The minimum Gasteiger partial charge on any atom is -0.482 e. The van der Waals surface area contributed by atoms with Gasteiger partial charge in [0, 0.05) is 11.3 Å². The van der Waals surface area contributed by atoms with Crippen LogP contribution >= 0.6 is 11.6 Å². The molecule has 0 radical (unpaired) electrons. The fourth-order valence-corrected chi connectivity index (χ4v) is 2.26. The van der Waals surface area contributed by atoms with Gasteiger partial charge in [-0.05, 0) is 36.8 Å². The Morgan fingerprint density at radius 2 is 1.85 bits per heavy atom. The molecule has 0 atom stereocenters. The lowest BCUT2D eigenvalue weighted by Gasteiger charge is -2.12. The Kier molecular flexibility index (Phi) is 6.68. The fourth-order valence-electron chi connectivity index (χ4n) is 2.07. The molecule has 0 unspecified atom stereocenters. The number of carbonyl (C=O) groups excluding carboxylic acids is 2. The summed E-state index contributed by atoms with van der Waals surface area (Å²) in [6.45, 7) is -0.0807. The first-order chi connectivity index (χ1) is 12.7. The number of rotatable bonds is 6. The first-order valence-corrected chi connectivity index (χ1v) is 8.16. The molecule has 0 fully saturated rings. The standard InChI is InChI=1S/C18H16ClF3N2O3/c1-11-6-7-12(17(26)23-10-18(20,21)22)8-14(11)24-16(25)9-27-15-5-3-2-4-13(15)19/h2-8H,9-10H2,1H3,(H,23,26)(H,24,25). The molecule has 0 aromatic heterocycles. The van der Waals surface area contributed by atoms with Crippen LogP contribution in [0.25, 0.3) is 0 Å². The third kappa shape index (κ3) is 6.49. The lowest BCUT2D eigenvalue weighted by atomic mass is 10.1. The van der Waals surface area contributed by atoms with Crippen molar-refractivity contribution in [1.82, 2.24) is 5.32 Å². The van der Waals surface area contributed by atoms with Crippen LogP contribution in [0.5, 0.6) is 5.75 Å². The number of hydrogen-bond acceptors (Lipinski definition) is 3. The second-order valence-electron chi connectivity index (χ2n) is 5.59. The van der Waals surface area contributed by atoms with Crippen molar-refractivity contribution < 1.29 is 27.5 Å². The Morgan fingerprint density at radius 3 is 2.52 bits per heavy atom. The van der Waals surface area contributed by atoms with Gasteiger partial charge in [-0.25, -0.2) is 0 Å². The largest absolute Gasteiger partial charge is 0.482 e. The van der Waals surface area contributed by atoms with E-state index in [0.29, 0.717) is 22.0 Å². The SMILES string of the molecule is Cc1ccc(C(=O)NCC(F)(F)F)cc1NC(=O)COc1ccccc1Cl. The second kappa shape index (κ2) is 8.77. The molecule has 2 rings (SSSR count). The number of benzene rings is 2. The smallest absolute Gasteiger partial charge is 0.405 e. The maximum atomic E-state index is 12.2. The molecule has 0 aliphatic rings. The van der Waals surface area contributed by atoms with Crippen LogP contribution in [0.4, 0.5) is 18.9 Å². The molecule has 0 aliphatic heterocycles. The van der Waals surface area contributed by atoms with Gasteiger partial charge < -0.3 is 15.4 Å². The molecule has 0 saturated heterocycles. The minimum absolute atomic E-state index is 0.00725. The normalized spacial score (nSPS) is 11.0. The fraction of sp³-hybridized carbons (Fsp3) is 0.222. The summed E-state index contributed by atoms with van der Waals surface area (Å²) in [6, 6.07) is 10.8. The van der Waals surface area contributed by atoms with Crippen molar-refractivity contribution in [1.29, 1.82) is 0 Å². The lowest BCUT2D eigenvalue weighted by Crippen LogP contribution is -2.33. The molecule has 5 nitrogen and oxygen atoms in total. The molecule has 0 bridgehead atoms. The van der Waals surface area contributed by atoms with Crippen molar-refractivity contribution in [3.05, 3.63) is 58.6 Å². The average molecular weight is 401 g/mol. The number of ether oxygens (including phenoxy) is 1. The number of aryl methyl sites for hydroxylation is 1. The predicted molar refractivity (Wildman–Crippen MR) is 95.1 cm³/mol.